The van der Waals surface area contributed by atoms with Crippen molar-refractivity contribution in [2.75, 3.05) is 19.6 Å². The van der Waals surface area contributed by atoms with Gasteiger partial charge in [0.2, 0.25) is 0 Å². The molecule has 1 aliphatic rings. The minimum absolute atomic E-state index is 0.758. The second kappa shape index (κ2) is 3.77. The summed E-state index contributed by atoms with van der Waals surface area (Å²) < 4.78 is 0. The van der Waals surface area contributed by atoms with Crippen molar-refractivity contribution in [2.24, 2.45) is 5.92 Å². The Morgan fingerprint density at radius 1 is 1.70 bits per heavy atom. The Bertz CT molecular complexity index is 109. The lowest BCUT2D eigenvalue weighted by atomic mass is 9.98. The molecule has 0 N–H and O–H groups in total. The summed E-state index contributed by atoms with van der Waals surface area (Å²) in [6.45, 7) is 9.78. The fourth-order valence-corrected chi connectivity index (χ4v) is 1.57. The maximum atomic E-state index is 3.83. The molecule has 1 saturated heterocycles. The predicted molar refractivity (Wildman–Crippen MR) is 45.0 cm³/mol. The molecule has 1 aliphatic heterocycles. The molecule has 58 valence electrons. The molecular weight excluding hydrogens is 122 g/mol. The summed E-state index contributed by atoms with van der Waals surface area (Å²) in [4.78, 5) is 2.50. The Morgan fingerprint density at radius 2 is 2.50 bits per heavy atom. The third-order valence-electron chi connectivity index (χ3n) is 2.32. The van der Waals surface area contributed by atoms with Gasteiger partial charge in [0.1, 0.15) is 0 Å². The average molecular weight is 139 g/mol. The summed E-state index contributed by atoms with van der Waals surface area (Å²) in [6, 6.07) is 0. The van der Waals surface area contributed by atoms with Gasteiger partial charge in [0, 0.05) is 6.54 Å². The molecular formula is C9H17N. The van der Waals surface area contributed by atoms with E-state index in [2.05, 4.69) is 24.5 Å². The van der Waals surface area contributed by atoms with Crippen molar-refractivity contribution in [2.45, 2.75) is 19.8 Å². The van der Waals surface area contributed by atoms with Crippen molar-refractivity contribution in [1.29, 1.82) is 0 Å². The molecule has 0 amide bonds. The predicted octanol–water partition coefficient (Wildman–Crippen LogP) is 1.90. The largest absolute Gasteiger partial charge is 0.303 e. The third-order valence-corrected chi connectivity index (χ3v) is 2.32. The smallest absolute Gasteiger partial charge is 0.00441 e. The van der Waals surface area contributed by atoms with Crippen LogP contribution in [-0.2, 0) is 0 Å². The van der Waals surface area contributed by atoms with E-state index in [4.69, 9.17) is 0 Å². The van der Waals surface area contributed by atoms with Crippen LogP contribution >= 0.6 is 0 Å². The number of hydrogen-bond acceptors (Lipinski definition) is 1. The van der Waals surface area contributed by atoms with Gasteiger partial charge in [-0.1, -0.05) is 13.0 Å². The van der Waals surface area contributed by atoms with Crippen LogP contribution < -0.4 is 0 Å². The van der Waals surface area contributed by atoms with Gasteiger partial charge in [-0.25, -0.2) is 0 Å². The summed E-state index contributed by atoms with van der Waals surface area (Å²) >= 11 is 0. The zero-order valence-corrected chi connectivity index (χ0v) is 6.84. The van der Waals surface area contributed by atoms with Gasteiger partial charge >= 0.3 is 0 Å². The van der Waals surface area contributed by atoms with Gasteiger partial charge in [-0.15, -0.1) is 6.58 Å². The van der Waals surface area contributed by atoms with Crippen LogP contribution in [0.1, 0.15) is 19.8 Å². The van der Waals surface area contributed by atoms with E-state index in [1.54, 1.807) is 0 Å². The first kappa shape index (κ1) is 7.80. The second-order valence-electron chi connectivity index (χ2n) is 3.03. The van der Waals surface area contributed by atoms with Gasteiger partial charge < -0.3 is 4.90 Å². The first-order valence-electron chi connectivity index (χ1n) is 4.21. The lowest BCUT2D eigenvalue weighted by molar-refractivity contribution is 0.206. The molecule has 0 aromatic heterocycles. The molecule has 0 saturated carbocycles. The van der Waals surface area contributed by atoms with Crippen LogP contribution in [0.3, 0.4) is 0 Å². The van der Waals surface area contributed by atoms with E-state index in [1.165, 1.54) is 32.5 Å². The monoisotopic (exact) mass is 139 g/mol. The van der Waals surface area contributed by atoms with Crippen molar-refractivity contribution in [1.82, 2.24) is 4.90 Å². The molecule has 0 radical (unpaired) electrons. The van der Waals surface area contributed by atoms with Gasteiger partial charge in [0.05, 0.1) is 0 Å². The SMILES string of the molecule is C=C[C@H]1CCCN(CC)C1. The number of piperidine rings is 1. The number of nitrogens with zero attached hydrogens (tertiary/aromatic N) is 1. The van der Waals surface area contributed by atoms with Gasteiger partial charge in [0.15, 0.2) is 0 Å². The lowest BCUT2D eigenvalue weighted by Crippen LogP contribution is -2.34. The minimum atomic E-state index is 0.758. The number of rotatable bonds is 2. The molecule has 0 aromatic carbocycles. The van der Waals surface area contributed by atoms with Gasteiger partial charge in [-0.05, 0) is 31.8 Å². The highest BCUT2D eigenvalue weighted by molar-refractivity contribution is 4.84. The Balaban J connectivity index is 2.31. The molecule has 0 aliphatic carbocycles. The van der Waals surface area contributed by atoms with Gasteiger partial charge in [-0.3, -0.25) is 0 Å². The topological polar surface area (TPSA) is 3.24 Å². The molecule has 0 aromatic rings. The number of hydrogen-bond donors (Lipinski definition) is 0. The van der Waals surface area contributed by atoms with E-state index in [9.17, 15) is 0 Å². The maximum absolute atomic E-state index is 3.83. The first-order valence-corrected chi connectivity index (χ1v) is 4.21. The van der Waals surface area contributed by atoms with Crippen LogP contribution in [0.15, 0.2) is 12.7 Å². The van der Waals surface area contributed by atoms with Crippen LogP contribution in [-0.4, -0.2) is 24.5 Å². The summed E-state index contributed by atoms with van der Waals surface area (Å²) in [6.07, 6.45) is 4.80. The highest BCUT2D eigenvalue weighted by Crippen LogP contribution is 2.15. The lowest BCUT2D eigenvalue weighted by Gasteiger charge is -2.29. The molecule has 0 bridgehead atoms. The molecule has 10 heavy (non-hydrogen) atoms. The third kappa shape index (κ3) is 1.84. The molecule has 1 fully saturated rings. The number of likely N-dealkylation sites (tertiary alicyclic amines) is 1. The Kier molecular flexibility index (Phi) is 2.94. The summed E-state index contributed by atoms with van der Waals surface area (Å²) in [7, 11) is 0. The molecule has 1 rings (SSSR count). The second-order valence-corrected chi connectivity index (χ2v) is 3.03. The van der Waals surface area contributed by atoms with Crippen LogP contribution in [0, 0.1) is 5.92 Å². The average Bonchev–Trinajstić information content (AvgIpc) is 2.05. The highest BCUT2D eigenvalue weighted by atomic mass is 15.1. The van der Waals surface area contributed by atoms with Crippen LogP contribution in [0.25, 0.3) is 0 Å². The fraction of sp³-hybridized carbons (Fsp3) is 0.778. The van der Waals surface area contributed by atoms with Gasteiger partial charge in [-0.2, -0.15) is 0 Å². The van der Waals surface area contributed by atoms with E-state index >= 15 is 0 Å². The summed E-state index contributed by atoms with van der Waals surface area (Å²) in [5, 5.41) is 0. The van der Waals surface area contributed by atoms with Crippen LogP contribution in [0.4, 0.5) is 0 Å². The van der Waals surface area contributed by atoms with E-state index < -0.39 is 0 Å². The first-order chi connectivity index (χ1) is 4.86. The molecule has 1 heterocycles. The van der Waals surface area contributed by atoms with Crippen LogP contribution in [0.2, 0.25) is 0 Å². The normalized spacial score (nSPS) is 28.3. The fourth-order valence-electron chi connectivity index (χ4n) is 1.57. The maximum Gasteiger partial charge on any atom is 0.00441 e. The Morgan fingerprint density at radius 3 is 3.10 bits per heavy atom. The van der Waals surface area contributed by atoms with Crippen molar-refractivity contribution in [3.05, 3.63) is 12.7 Å². The standard InChI is InChI=1S/C9H17N/c1-3-9-6-5-7-10(4-2)8-9/h3,9H,1,4-8H2,2H3/t9-/m0/s1. The van der Waals surface area contributed by atoms with E-state index in [-0.39, 0.29) is 0 Å². The summed E-state index contributed by atoms with van der Waals surface area (Å²) in [5.41, 5.74) is 0. The van der Waals surface area contributed by atoms with Crippen molar-refractivity contribution >= 4 is 0 Å². The minimum Gasteiger partial charge on any atom is -0.303 e. The van der Waals surface area contributed by atoms with Crippen LogP contribution in [0.5, 0.6) is 0 Å². The van der Waals surface area contributed by atoms with E-state index in [0.717, 1.165) is 5.92 Å². The van der Waals surface area contributed by atoms with Gasteiger partial charge in [0.25, 0.3) is 0 Å². The zero-order chi connectivity index (χ0) is 7.40. The van der Waals surface area contributed by atoms with Crippen molar-refractivity contribution < 1.29 is 0 Å². The van der Waals surface area contributed by atoms with E-state index in [1.807, 2.05) is 0 Å². The summed E-state index contributed by atoms with van der Waals surface area (Å²) in [5.74, 6) is 0.758. The molecule has 1 atom stereocenters. The quantitative estimate of drug-likeness (QED) is 0.528. The van der Waals surface area contributed by atoms with E-state index in [0.29, 0.717) is 0 Å². The zero-order valence-electron chi connectivity index (χ0n) is 6.84. The molecule has 0 unspecified atom stereocenters. The molecule has 0 spiro atoms. The highest BCUT2D eigenvalue weighted by Gasteiger charge is 2.14. The van der Waals surface area contributed by atoms with Crippen molar-refractivity contribution in [3.63, 3.8) is 0 Å². The Labute approximate surface area is 63.7 Å². The van der Waals surface area contributed by atoms with Crippen molar-refractivity contribution in [3.8, 4) is 0 Å². The molecule has 1 heteroatoms. The Hall–Kier alpha value is -0.300. The molecule has 1 nitrogen and oxygen atoms in total.